The number of rotatable bonds is 2. The summed E-state index contributed by atoms with van der Waals surface area (Å²) in [6, 6.07) is 5.11. The Morgan fingerprint density at radius 3 is 2.88 bits per heavy atom. The van der Waals surface area contributed by atoms with Crippen molar-refractivity contribution < 1.29 is 0 Å². The Morgan fingerprint density at radius 1 is 1.44 bits per heavy atom. The van der Waals surface area contributed by atoms with E-state index >= 15 is 0 Å². The fraction of sp³-hybridized carbons (Fsp3) is 0.571. The summed E-state index contributed by atoms with van der Waals surface area (Å²) in [6.45, 7) is 6.78. The molecule has 0 aliphatic carbocycles. The van der Waals surface area contributed by atoms with Gasteiger partial charge in [0.1, 0.15) is 0 Å². The van der Waals surface area contributed by atoms with E-state index in [1.54, 1.807) is 0 Å². The maximum Gasteiger partial charge on any atom is 0.0405 e. The van der Waals surface area contributed by atoms with Crippen LogP contribution in [0.15, 0.2) is 16.6 Å². The van der Waals surface area contributed by atoms with Crippen molar-refractivity contribution in [2.75, 3.05) is 5.32 Å². The molecular weight excluding hydrogens is 262 g/mol. The lowest BCUT2D eigenvalue weighted by Gasteiger charge is -2.29. The smallest absolute Gasteiger partial charge is 0.0405 e. The highest BCUT2D eigenvalue weighted by Crippen LogP contribution is 2.32. The van der Waals surface area contributed by atoms with Crippen molar-refractivity contribution in [3.63, 3.8) is 0 Å². The van der Waals surface area contributed by atoms with Crippen LogP contribution in [-0.4, -0.2) is 6.04 Å². The number of anilines is 1. The fourth-order valence-corrected chi connectivity index (χ4v) is 3.19. The molecule has 0 aromatic heterocycles. The Hall–Kier alpha value is -0.500. The second-order valence-electron chi connectivity index (χ2n) is 5.27. The highest BCUT2D eigenvalue weighted by atomic mass is 79.9. The summed E-state index contributed by atoms with van der Waals surface area (Å²) in [4.78, 5) is 0. The van der Waals surface area contributed by atoms with Gasteiger partial charge in [-0.15, -0.1) is 0 Å². The van der Waals surface area contributed by atoms with Crippen molar-refractivity contribution in [2.45, 2.75) is 46.1 Å². The first-order valence-corrected chi connectivity index (χ1v) is 6.91. The van der Waals surface area contributed by atoms with Gasteiger partial charge in [-0.1, -0.05) is 29.8 Å². The van der Waals surface area contributed by atoms with Gasteiger partial charge in [-0.05, 0) is 55.4 Å². The number of nitrogens with one attached hydrogen (secondary N) is 1. The van der Waals surface area contributed by atoms with E-state index in [9.17, 15) is 0 Å². The van der Waals surface area contributed by atoms with E-state index in [1.807, 2.05) is 0 Å². The van der Waals surface area contributed by atoms with Gasteiger partial charge in [-0.2, -0.15) is 0 Å². The molecule has 0 spiro atoms. The molecule has 1 N–H and O–H groups in total. The summed E-state index contributed by atoms with van der Waals surface area (Å²) in [6.07, 6.45) is 3.75. The Morgan fingerprint density at radius 2 is 2.19 bits per heavy atom. The number of fused-ring (bicyclic) bond motifs is 1. The molecule has 88 valence electrons. The second kappa shape index (κ2) is 4.79. The molecular formula is C14H20BrN. The molecule has 0 saturated carbocycles. The molecule has 0 amide bonds. The van der Waals surface area contributed by atoms with Crippen molar-refractivity contribution in [1.29, 1.82) is 0 Å². The van der Waals surface area contributed by atoms with Crippen LogP contribution in [0.5, 0.6) is 0 Å². The van der Waals surface area contributed by atoms with Crippen LogP contribution in [-0.2, 0) is 6.42 Å². The number of halogens is 1. The minimum absolute atomic E-state index is 0.660. The van der Waals surface area contributed by atoms with Crippen molar-refractivity contribution in [2.24, 2.45) is 5.92 Å². The van der Waals surface area contributed by atoms with E-state index < -0.39 is 0 Å². The van der Waals surface area contributed by atoms with Crippen LogP contribution in [0.1, 0.15) is 37.8 Å². The SMILES string of the molecule is Cc1cc(Br)cc2c1NC(CC(C)C)CC2. The van der Waals surface area contributed by atoms with Crippen LogP contribution in [0.2, 0.25) is 0 Å². The summed E-state index contributed by atoms with van der Waals surface area (Å²) in [5.41, 5.74) is 4.20. The summed E-state index contributed by atoms with van der Waals surface area (Å²) >= 11 is 3.57. The average Bonchev–Trinajstić information content (AvgIpc) is 2.18. The molecule has 1 aliphatic heterocycles. The molecule has 2 rings (SSSR count). The van der Waals surface area contributed by atoms with Gasteiger partial charge in [-0.3, -0.25) is 0 Å². The molecule has 1 nitrogen and oxygen atoms in total. The highest BCUT2D eigenvalue weighted by molar-refractivity contribution is 9.10. The average molecular weight is 282 g/mol. The van der Waals surface area contributed by atoms with Crippen molar-refractivity contribution in [3.8, 4) is 0 Å². The molecule has 0 radical (unpaired) electrons. The minimum Gasteiger partial charge on any atom is -0.382 e. The van der Waals surface area contributed by atoms with E-state index in [1.165, 1.54) is 40.5 Å². The van der Waals surface area contributed by atoms with Crippen LogP contribution in [0.4, 0.5) is 5.69 Å². The second-order valence-corrected chi connectivity index (χ2v) is 6.18. The molecule has 1 heterocycles. The van der Waals surface area contributed by atoms with E-state index in [-0.39, 0.29) is 0 Å². The Balaban J connectivity index is 2.20. The molecule has 0 bridgehead atoms. The van der Waals surface area contributed by atoms with E-state index in [0.29, 0.717) is 6.04 Å². The van der Waals surface area contributed by atoms with E-state index in [0.717, 1.165) is 5.92 Å². The highest BCUT2D eigenvalue weighted by Gasteiger charge is 2.20. The largest absolute Gasteiger partial charge is 0.382 e. The summed E-state index contributed by atoms with van der Waals surface area (Å²) in [5.74, 6) is 0.773. The minimum atomic E-state index is 0.660. The third-order valence-corrected chi connectivity index (χ3v) is 3.71. The first kappa shape index (κ1) is 12.0. The van der Waals surface area contributed by atoms with Crippen LogP contribution >= 0.6 is 15.9 Å². The Bertz CT molecular complexity index is 385. The first-order valence-electron chi connectivity index (χ1n) is 6.12. The quantitative estimate of drug-likeness (QED) is 0.840. The summed E-state index contributed by atoms with van der Waals surface area (Å²) < 4.78 is 1.20. The molecule has 1 unspecified atom stereocenters. The standard InChI is InChI=1S/C14H20BrN/c1-9(2)6-13-5-4-11-8-12(15)7-10(3)14(11)16-13/h7-9,13,16H,4-6H2,1-3H3. The zero-order valence-corrected chi connectivity index (χ0v) is 11.9. The Labute approximate surface area is 107 Å². The maximum atomic E-state index is 3.70. The fourth-order valence-electron chi connectivity index (χ4n) is 2.57. The monoisotopic (exact) mass is 281 g/mol. The zero-order valence-electron chi connectivity index (χ0n) is 10.3. The van der Waals surface area contributed by atoms with Crippen molar-refractivity contribution in [3.05, 3.63) is 27.7 Å². The summed E-state index contributed by atoms with van der Waals surface area (Å²) in [5, 5.41) is 3.70. The van der Waals surface area contributed by atoms with Gasteiger partial charge in [0.15, 0.2) is 0 Å². The lowest BCUT2D eigenvalue weighted by molar-refractivity contribution is 0.487. The first-order chi connectivity index (χ1) is 7.56. The lowest BCUT2D eigenvalue weighted by atomic mass is 9.91. The lowest BCUT2D eigenvalue weighted by Crippen LogP contribution is -2.27. The Kier molecular flexibility index (Phi) is 3.58. The molecule has 0 saturated heterocycles. The van der Waals surface area contributed by atoms with Crippen molar-refractivity contribution in [1.82, 2.24) is 0 Å². The predicted octanol–water partition coefficient (Wildman–Crippen LogP) is 4.53. The van der Waals surface area contributed by atoms with Gasteiger partial charge in [0.25, 0.3) is 0 Å². The van der Waals surface area contributed by atoms with E-state index in [2.05, 4.69) is 54.2 Å². The summed E-state index contributed by atoms with van der Waals surface area (Å²) in [7, 11) is 0. The van der Waals surface area contributed by atoms with Crippen LogP contribution in [0.3, 0.4) is 0 Å². The van der Waals surface area contributed by atoms with E-state index in [4.69, 9.17) is 0 Å². The van der Waals surface area contributed by atoms with Gasteiger partial charge >= 0.3 is 0 Å². The zero-order chi connectivity index (χ0) is 11.7. The number of hydrogen-bond donors (Lipinski definition) is 1. The third-order valence-electron chi connectivity index (χ3n) is 3.25. The van der Waals surface area contributed by atoms with Crippen LogP contribution in [0, 0.1) is 12.8 Å². The molecule has 0 fully saturated rings. The van der Waals surface area contributed by atoms with Crippen molar-refractivity contribution >= 4 is 21.6 Å². The topological polar surface area (TPSA) is 12.0 Å². The van der Waals surface area contributed by atoms with Gasteiger partial charge in [0.2, 0.25) is 0 Å². The number of benzene rings is 1. The number of hydrogen-bond acceptors (Lipinski definition) is 1. The third kappa shape index (κ3) is 2.60. The van der Waals surface area contributed by atoms with Gasteiger partial charge in [0.05, 0.1) is 0 Å². The predicted molar refractivity (Wildman–Crippen MR) is 74.1 cm³/mol. The normalized spacial score (nSPS) is 19.4. The van der Waals surface area contributed by atoms with Crippen LogP contribution < -0.4 is 5.32 Å². The molecule has 1 aliphatic rings. The molecule has 1 atom stereocenters. The molecule has 1 aromatic rings. The molecule has 16 heavy (non-hydrogen) atoms. The van der Waals surface area contributed by atoms with Gasteiger partial charge in [0, 0.05) is 16.2 Å². The van der Waals surface area contributed by atoms with Crippen LogP contribution in [0.25, 0.3) is 0 Å². The molecule has 2 heteroatoms. The molecule has 1 aromatic carbocycles. The van der Waals surface area contributed by atoms with Gasteiger partial charge < -0.3 is 5.32 Å². The number of aryl methyl sites for hydroxylation is 2. The maximum absolute atomic E-state index is 3.70. The van der Waals surface area contributed by atoms with Gasteiger partial charge in [-0.25, -0.2) is 0 Å².